The van der Waals surface area contributed by atoms with E-state index >= 15 is 0 Å². The zero-order valence-corrected chi connectivity index (χ0v) is 17.1. The Morgan fingerprint density at radius 1 is 1.27 bits per heavy atom. The Hall–Kier alpha value is -2.83. The molecule has 3 heterocycles. The van der Waals surface area contributed by atoms with E-state index in [2.05, 4.69) is 5.32 Å². The van der Waals surface area contributed by atoms with Crippen LogP contribution in [0.1, 0.15) is 5.56 Å². The number of methoxy groups -OCH3 is 1. The molecular formula is C23H21ClN2O4. The van der Waals surface area contributed by atoms with Crippen LogP contribution < -0.4 is 15.0 Å². The highest BCUT2D eigenvalue weighted by atomic mass is 35.5. The van der Waals surface area contributed by atoms with E-state index in [0.29, 0.717) is 18.1 Å². The van der Waals surface area contributed by atoms with Gasteiger partial charge in [-0.1, -0.05) is 42.0 Å². The highest BCUT2D eigenvalue weighted by Crippen LogP contribution is 2.52. The number of nitrogens with zero attached hydrogens (tertiary/aromatic N) is 1. The van der Waals surface area contributed by atoms with E-state index in [-0.39, 0.29) is 17.9 Å². The van der Waals surface area contributed by atoms with Gasteiger partial charge < -0.3 is 19.7 Å². The predicted molar refractivity (Wildman–Crippen MR) is 112 cm³/mol. The number of halogens is 1. The molecule has 2 aromatic rings. The van der Waals surface area contributed by atoms with Crippen molar-refractivity contribution in [2.75, 3.05) is 18.6 Å². The van der Waals surface area contributed by atoms with Crippen molar-refractivity contribution in [1.29, 1.82) is 0 Å². The zero-order chi connectivity index (χ0) is 20.9. The Labute approximate surface area is 179 Å². The summed E-state index contributed by atoms with van der Waals surface area (Å²) >= 11 is 6.19. The number of nitrogens with one attached hydrogen (secondary N) is 1. The van der Waals surface area contributed by atoms with Crippen LogP contribution >= 0.6 is 11.6 Å². The molecule has 0 aliphatic carbocycles. The van der Waals surface area contributed by atoms with Crippen molar-refractivity contribution in [3.63, 3.8) is 0 Å². The molecule has 0 unspecified atom stereocenters. The molecular weight excluding hydrogens is 404 g/mol. The van der Waals surface area contributed by atoms with Crippen LogP contribution in [0.25, 0.3) is 0 Å². The molecule has 2 saturated heterocycles. The Morgan fingerprint density at radius 3 is 2.77 bits per heavy atom. The summed E-state index contributed by atoms with van der Waals surface area (Å²) in [7, 11) is 1.60. The lowest BCUT2D eigenvalue weighted by Gasteiger charge is -2.23. The number of amides is 2. The molecule has 2 aromatic carbocycles. The third-order valence-corrected chi connectivity index (χ3v) is 6.57. The number of benzene rings is 2. The standard InChI is InChI=1S/C23H21ClN2O4/c1-29-16-8-6-15(7-9-16)26-13-23-11-10-18(30-23)19(20(23)22(26)28)21(27)25-12-14-4-2-3-5-17(14)24/h2-11,18-20H,12-13H2,1H3,(H,25,27)/t18-,19+,20-,23-/m1/s1. The first-order valence-electron chi connectivity index (χ1n) is 9.86. The molecule has 3 aliphatic rings. The van der Waals surface area contributed by atoms with Crippen LogP contribution in [0.2, 0.25) is 5.02 Å². The Bertz CT molecular complexity index is 1040. The van der Waals surface area contributed by atoms with Gasteiger partial charge in [-0.3, -0.25) is 9.59 Å². The maximum absolute atomic E-state index is 13.3. The van der Waals surface area contributed by atoms with E-state index in [1.54, 1.807) is 18.1 Å². The molecule has 1 N–H and O–H groups in total. The molecule has 0 saturated carbocycles. The van der Waals surface area contributed by atoms with Gasteiger partial charge in [-0.2, -0.15) is 0 Å². The highest BCUT2D eigenvalue weighted by Gasteiger charge is 2.67. The van der Waals surface area contributed by atoms with Crippen LogP contribution in [0.3, 0.4) is 0 Å². The summed E-state index contributed by atoms with van der Waals surface area (Å²) in [4.78, 5) is 28.1. The molecule has 4 atom stereocenters. The molecule has 2 bridgehead atoms. The maximum Gasteiger partial charge on any atom is 0.234 e. The van der Waals surface area contributed by atoms with Crippen molar-refractivity contribution >= 4 is 29.1 Å². The second-order valence-electron chi connectivity index (χ2n) is 7.83. The predicted octanol–water partition coefficient (Wildman–Crippen LogP) is 2.95. The fourth-order valence-electron chi connectivity index (χ4n) is 4.72. The Morgan fingerprint density at radius 2 is 2.03 bits per heavy atom. The van der Waals surface area contributed by atoms with Crippen molar-refractivity contribution in [3.05, 3.63) is 71.3 Å². The van der Waals surface area contributed by atoms with Gasteiger partial charge in [0, 0.05) is 17.3 Å². The van der Waals surface area contributed by atoms with Crippen LogP contribution in [-0.2, 0) is 20.9 Å². The van der Waals surface area contributed by atoms with E-state index in [1.807, 2.05) is 54.6 Å². The number of fused-ring (bicyclic) bond motifs is 1. The molecule has 6 nitrogen and oxygen atoms in total. The van der Waals surface area contributed by atoms with Crippen molar-refractivity contribution in [3.8, 4) is 5.75 Å². The minimum absolute atomic E-state index is 0.0927. The van der Waals surface area contributed by atoms with Crippen molar-refractivity contribution in [1.82, 2.24) is 5.32 Å². The molecule has 5 rings (SSSR count). The number of ether oxygens (including phenoxy) is 2. The van der Waals surface area contributed by atoms with Gasteiger partial charge in [0.15, 0.2) is 0 Å². The fourth-order valence-corrected chi connectivity index (χ4v) is 4.92. The molecule has 0 aromatic heterocycles. The molecule has 154 valence electrons. The first-order chi connectivity index (χ1) is 14.5. The summed E-state index contributed by atoms with van der Waals surface area (Å²) in [6, 6.07) is 14.7. The number of hydrogen-bond donors (Lipinski definition) is 1. The number of carbonyl (C=O) groups excluding carboxylic acids is 2. The summed E-state index contributed by atoms with van der Waals surface area (Å²) in [5, 5.41) is 3.54. The zero-order valence-electron chi connectivity index (χ0n) is 16.4. The number of hydrogen-bond acceptors (Lipinski definition) is 4. The molecule has 0 radical (unpaired) electrons. The van der Waals surface area contributed by atoms with Gasteiger partial charge in [-0.15, -0.1) is 0 Å². The second kappa shape index (κ2) is 7.15. The van der Waals surface area contributed by atoms with E-state index in [0.717, 1.165) is 17.0 Å². The Kier molecular flexibility index (Phi) is 4.56. The van der Waals surface area contributed by atoms with Crippen LogP contribution in [0, 0.1) is 11.8 Å². The first kappa shape index (κ1) is 19.2. The van der Waals surface area contributed by atoms with Gasteiger partial charge in [0.05, 0.1) is 31.6 Å². The van der Waals surface area contributed by atoms with E-state index in [9.17, 15) is 9.59 Å². The molecule has 7 heteroatoms. The number of rotatable bonds is 5. The SMILES string of the molecule is COc1ccc(N2C[C@@]34C=C[C@@H](O3)[C@H](C(=O)NCc3ccccc3Cl)[C@@H]4C2=O)cc1. The van der Waals surface area contributed by atoms with E-state index in [1.165, 1.54) is 0 Å². The first-order valence-corrected chi connectivity index (χ1v) is 10.2. The van der Waals surface area contributed by atoms with Gasteiger partial charge in [0.1, 0.15) is 11.4 Å². The lowest BCUT2D eigenvalue weighted by atomic mass is 9.77. The van der Waals surface area contributed by atoms with Crippen molar-refractivity contribution < 1.29 is 19.1 Å². The minimum Gasteiger partial charge on any atom is -0.497 e. The number of anilines is 1. The largest absolute Gasteiger partial charge is 0.497 e. The van der Waals surface area contributed by atoms with Crippen LogP contribution in [-0.4, -0.2) is 37.2 Å². The van der Waals surface area contributed by atoms with Crippen LogP contribution in [0.4, 0.5) is 5.69 Å². The summed E-state index contributed by atoms with van der Waals surface area (Å²) in [6.07, 6.45) is 3.46. The molecule has 3 aliphatic heterocycles. The lowest BCUT2D eigenvalue weighted by Crippen LogP contribution is -2.44. The van der Waals surface area contributed by atoms with Gasteiger partial charge in [0.2, 0.25) is 11.8 Å². The van der Waals surface area contributed by atoms with E-state index in [4.69, 9.17) is 21.1 Å². The quantitative estimate of drug-likeness (QED) is 0.749. The summed E-state index contributed by atoms with van der Waals surface area (Å²) < 4.78 is 11.4. The fraction of sp³-hybridized carbons (Fsp3) is 0.304. The third kappa shape index (κ3) is 2.90. The maximum atomic E-state index is 13.3. The van der Waals surface area contributed by atoms with Crippen LogP contribution in [0.15, 0.2) is 60.7 Å². The van der Waals surface area contributed by atoms with E-state index < -0.39 is 17.4 Å². The average molecular weight is 425 g/mol. The molecule has 2 amide bonds. The highest BCUT2D eigenvalue weighted by molar-refractivity contribution is 6.31. The van der Waals surface area contributed by atoms with Gasteiger partial charge in [-0.05, 0) is 35.9 Å². The smallest absolute Gasteiger partial charge is 0.234 e. The van der Waals surface area contributed by atoms with Crippen molar-refractivity contribution in [2.45, 2.75) is 18.2 Å². The molecule has 1 spiro atoms. The lowest BCUT2D eigenvalue weighted by molar-refractivity contribution is -0.132. The van der Waals surface area contributed by atoms with Gasteiger partial charge in [-0.25, -0.2) is 0 Å². The molecule has 2 fully saturated rings. The Balaban J connectivity index is 1.36. The van der Waals surface area contributed by atoms with Crippen molar-refractivity contribution in [2.24, 2.45) is 11.8 Å². The topological polar surface area (TPSA) is 67.9 Å². The minimum atomic E-state index is -0.756. The summed E-state index contributed by atoms with van der Waals surface area (Å²) in [5.74, 6) is -0.669. The normalized spacial score (nSPS) is 28.7. The average Bonchev–Trinajstić information content (AvgIpc) is 3.41. The van der Waals surface area contributed by atoms with Gasteiger partial charge >= 0.3 is 0 Å². The monoisotopic (exact) mass is 424 g/mol. The van der Waals surface area contributed by atoms with Gasteiger partial charge in [0.25, 0.3) is 0 Å². The second-order valence-corrected chi connectivity index (χ2v) is 8.24. The summed E-state index contributed by atoms with van der Waals surface area (Å²) in [6.45, 7) is 0.700. The van der Waals surface area contributed by atoms with Crippen LogP contribution in [0.5, 0.6) is 5.75 Å². The third-order valence-electron chi connectivity index (χ3n) is 6.20. The number of carbonyl (C=O) groups is 2. The molecule has 30 heavy (non-hydrogen) atoms. The summed E-state index contributed by atoms with van der Waals surface area (Å²) in [5.41, 5.74) is 0.841.